The molecule has 0 heterocycles. The van der Waals surface area contributed by atoms with Crippen molar-refractivity contribution in [2.75, 3.05) is 31.7 Å². The molecule has 0 saturated carbocycles. The largest absolute Gasteiger partial charge is 0.417 e. The van der Waals surface area contributed by atoms with Crippen molar-refractivity contribution in [2.24, 2.45) is 0 Å². The highest BCUT2D eigenvalue weighted by molar-refractivity contribution is 5.85. The summed E-state index contributed by atoms with van der Waals surface area (Å²) in [6, 6.07) is 2.34. The molecule has 0 saturated heterocycles. The number of unbranched alkanes of at least 4 members (excludes halogenated alkanes) is 2. The molecule has 11 heteroatoms. The summed E-state index contributed by atoms with van der Waals surface area (Å²) in [4.78, 5) is 13.3. The van der Waals surface area contributed by atoms with E-state index in [9.17, 15) is 31.1 Å². The zero-order chi connectivity index (χ0) is 23.7. The van der Waals surface area contributed by atoms with E-state index in [1.54, 1.807) is 0 Å². The van der Waals surface area contributed by atoms with Gasteiger partial charge in [-0.3, -0.25) is 4.79 Å². The second kappa shape index (κ2) is 11.8. The number of rotatable bonds is 11. The normalized spacial score (nSPS) is 12.9. The fourth-order valence-electron chi connectivity index (χ4n) is 3.03. The molecule has 1 atom stereocenters. The maximum Gasteiger partial charge on any atom is 0.417 e. The van der Waals surface area contributed by atoms with Crippen LogP contribution in [0.1, 0.15) is 43.7 Å². The first-order valence-electron chi connectivity index (χ1n) is 9.66. The number of methoxy groups -OCH3 is 1. The molecule has 1 aromatic rings. The number of carbonyl (C=O) groups is 1. The summed E-state index contributed by atoms with van der Waals surface area (Å²) in [6.07, 6.45) is -7.90. The Bertz CT molecular complexity index is 759. The van der Waals surface area contributed by atoms with Gasteiger partial charge in [0, 0.05) is 19.3 Å². The SMILES string of the molecule is CCCCCC(C(=O)NCCOC)N(CC(F)(F)F)c1ccc(C#N)c(C(F)(F)F)c1. The van der Waals surface area contributed by atoms with Crippen molar-refractivity contribution >= 4 is 11.6 Å². The third-order valence-electron chi connectivity index (χ3n) is 4.48. The van der Waals surface area contributed by atoms with Gasteiger partial charge in [0.25, 0.3) is 0 Å². The number of hydrogen-bond donors (Lipinski definition) is 1. The smallest absolute Gasteiger partial charge is 0.383 e. The minimum atomic E-state index is -4.94. The number of hydrogen-bond acceptors (Lipinski definition) is 4. The average Bonchev–Trinajstić information content (AvgIpc) is 2.68. The van der Waals surface area contributed by atoms with Crippen molar-refractivity contribution in [2.45, 2.75) is 51.0 Å². The first-order valence-corrected chi connectivity index (χ1v) is 9.66. The van der Waals surface area contributed by atoms with Gasteiger partial charge in [-0.05, 0) is 24.6 Å². The van der Waals surface area contributed by atoms with Gasteiger partial charge in [0.15, 0.2) is 0 Å². The van der Waals surface area contributed by atoms with Crippen LogP contribution in [0.4, 0.5) is 32.0 Å². The van der Waals surface area contributed by atoms with Gasteiger partial charge < -0.3 is 15.0 Å². The summed E-state index contributed by atoms with van der Waals surface area (Å²) in [6.45, 7) is 0.421. The topological polar surface area (TPSA) is 65.4 Å². The number of alkyl halides is 6. The summed E-state index contributed by atoms with van der Waals surface area (Å²) >= 11 is 0. The van der Waals surface area contributed by atoms with Crippen LogP contribution in [0, 0.1) is 11.3 Å². The van der Waals surface area contributed by atoms with E-state index in [4.69, 9.17) is 10.00 Å². The van der Waals surface area contributed by atoms with Crippen molar-refractivity contribution in [1.29, 1.82) is 5.26 Å². The number of halogens is 6. The number of nitrogens with one attached hydrogen (secondary N) is 1. The van der Waals surface area contributed by atoms with Crippen LogP contribution in [0.25, 0.3) is 0 Å². The van der Waals surface area contributed by atoms with Crippen LogP contribution in [0.3, 0.4) is 0 Å². The molecule has 174 valence electrons. The molecule has 31 heavy (non-hydrogen) atoms. The zero-order valence-electron chi connectivity index (χ0n) is 17.2. The van der Waals surface area contributed by atoms with E-state index in [0.29, 0.717) is 23.8 Å². The van der Waals surface area contributed by atoms with Crippen LogP contribution in [-0.4, -0.2) is 44.9 Å². The standard InChI is InChI=1S/C20H25F6N3O2/c1-3-4-5-6-17(18(30)28-9-10-31-2)29(13-19(21,22)23)15-8-7-14(12-27)16(11-15)20(24,25)26/h7-8,11,17H,3-6,9-10,13H2,1-2H3,(H,28,30). The van der Waals surface area contributed by atoms with E-state index in [0.717, 1.165) is 18.6 Å². The minimum absolute atomic E-state index is 0.0179. The second-order valence-electron chi connectivity index (χ2n) is 6.88. The van der Waals surface area contributed by atoms with Gasteiger partial charge in [0.1, 0.15) is 12.6 Å². The average molecular weight is 453 g/mol. The molecule has 1 amide bonds. The number of benzene rings is 1. The molecule has 1 aromatic carbocycles. The Kier molecular flexibility index (Phi) is 10.1. The first kappa shape index (κ1) is 26.6. The van der Waals surface area contributed by atoms with Gasteiger partial charge in [0.05, 0.1) is 23.8 Å². The van der Waals surface area contributed by atoms with E-state index in [1.807, 2.05) is 6.92 Å². The Hall–Kier alpha value is -2.48. The summed E-state index contributed by atoms with van der Waals surface area (Å²) in [5, 5.41) is 11.4. The van der Waals surface area contributed by atoms with E-state index in [1.165, 1.54) is 13.2 Å². The molecule has 1 rings (SSSR count). The highest BCUT2D eigenvalue weighted by atomic mass is 19.4. The minimum Gasteiger partial charge on any atom is -0.383 e. The molecule has 1 unspecified atom stereocenters. The molecule has 1 N–H and O–H groups in total. The zero-order valence-corrected chi connectivity index (χ0v) is 17.2. The number of anilines is 1. The lowest BCUT2D eigenvalue weighted by Gasteiger charge is -2.34. The lowest BCUT2D eigenvalue weighted by atomic mass is 10.0. The maximum atomic E-state index is 13.3. The van der Waals surface area contributed by atoms with E-state index < -0.39 is 47.7 Å². The van der Waals surface area contributed by atoms with Gasteiger partial charge in [-0.25, -0.2) is 0 Å². The van der Waals surface area contributed by atoms with Crippen molar-refractivity contribution < 1.29 is 35.9 Å². The molecule has 0 aromatic heterocycles. The summed E-state index contributed by atoms with van der Waals surface area (Å²) in [5.41, 5.74) is -2.51. The molecule has 5 nitrogen and oxygen atoms in total. The summed E-state index contributed by atoms with van der Waals surface area (Å²) < 4.78 is 84.8. The fourth-order valence-corrected chi connectivity index (χ4v) is 3.03. The second-order valence-corrected chi connectivity index (χ2v) is 6.88. The maximum absolute atomic E-state index is 13.3. The highest BCUT2D eigenvalue weighted by Gasteiger charge is 2.39. The van der Waals surface area contributed by atoms with Crippen LogP contribution < -0.4 is 10.2 Å². The number of nitrogens with zero attached hydrogens (tertiary/aromatic N) is 2. The molecule has 0 bridgehead atoms. The van der Waals surface area contributed by atoms with E-state index in [2.05, 4.69) is 5.32 Å². The van der Waals surface area contributed by atoms with Crippen LogP contribution in [0.15, 0.2) is 18.2 Å². The van der Waals surface area contributed by atoms with Gasteiger partial charge in [-0.15, -0.1) is 0 Å². The number of amides is 1. The molecular weight excluding hydrogens is 428 g/mol. The van der Waals surface area contributed by atoms with E-state index in [-0.39, 0.29) is 19.6 Å². The quantitative estimate of drug-likeness (QED) is 0.391. The van der Waals surface area contributed by atoms with Gasteiger partial charge in [-0.2, -0.15) is 31.6 Å². The predicted molar refractivity (Wildman–Crippen MR) is 102 cm³/mol. The molecule has 0 aliphatic rings. The Morgan fingerprint density at radius 1 is 1.23 bits per heavy atom. The Morgan fingerprint density at radius 3 is 2.42 bits per heavy atom. The Morgan fingerprint density at radius 2 is 1.90 bits per heavy atom. The summed E-state index contributed by atoms with van der Waals surface area (Å²) in [7, 11) is 1.39. The van der Waals surface area contributed by atoms with Crippen LogP contribution in [0.5, 0.6) is 0 Å². The summed E-state index contributed by atoms with van der Waals surface area (Å²) in [5.74, 6) is -0.740. The van der Waals surface area contributed by atoms with Crippen molar-refractivity contribution in [3.63, 3.8) is 0 Å². The lowest BCUT2D eigenvalue weighted by Crippen LogP contribution is -2.51. The van der Waals surface area contributed by atoms with E-state index >= 15 is 0 Å². The van der Waals surface area contributed by atoms with Gasteiger partial charge in [0.2, 0.25) is 5.91 Å². The van der Waals surface area contributed by atoms with Crippen LogP contribution in [-0.2, 0) is 15.7 Å². The third-order valence-corrected chi connectivity index (χ3v) is 4.48. The monoisotopic (exact) mass is 453 g/mol. The molecular formula is C20H25F6N3O2. The Labute approximate surface area is 177 Å². The highest BCUT2D eigenvalue weighted by Crippen LogP contribution is 2.36. The first-order chi connectivity index (χ1) is 14.4. The van der Waals surface area contributed by atoms with Crippen molar-refractivity contribution in [1.82, 2.24) is 5.32 Å². The third kappa shape index (κ3) is 8.65. The van der Waals surface area contributed by atoms with Crippen molar-refractivity contribution in [3.05, 3.63) is 29.3 Å². The fraction of sp³-hybridized carbons (Fsp3) is 0.600. The van der Waals surface area contributed by atoms with Crippen LogP contribution in [0.2, 0.25) is 0 Å². The van der Waals surface area contributed by atoms with Crippen LogP contribution >= 0.6 is 0 Å². The Balaban J connectivity index is 3.44. The molecule has 0 fully saturated rings. The number of carbonyl (C=O) groups excluding carboxylic acids is 1. The number of ether oxygens (including phenoxy) is 1. The molecule has 0 radical (unpaired) electrons. The predicted octanol–water partition coefficient (Wildman–Crippen LogP) is 4.66. The van der Waals surface area contributed by atoms with Gasteiger partial charge in [-0.1, -0.05) is 26.2 Å². The molecule has 0 aliphatic heterocycles. The molecule has 0 aliphatic carbocycles. The number of nitriles is 1. The van der Waals surface area contributed by atoms with Crippen molar-refractivity contribution in [3.8, 4) is 6.07 Å². The lowest BCUT2D eigenvalue weighted by molar-refractivity contribution is -0.137. The van der Waals surface area contributed by atoms with Gasteiger partial charge >= 0.3 is 12.4 Å². The molecule has 0 spiro atoms.